The summed E-state index contributed by atoms with van der Waals surface area (Å²) < 4.78 is 5.27. The van der Waals surface area contributed by atoms with Gasteiger partial charge in [-0.25, -0.2) is 4.79 Å². The van der Waals surface area contributed by atoms with E-state index in [1.165, 1.54) is 6.26 Å². The minimum absolute atomic E-state index is 0.331. The molecule has 2 rings (SSSR count). The van der Waals surface area contributed by atoms with E-state index in [0.29, 0.717) is 16.7 Å². The van der Waals surface area contributed by atoms with E-state index in [2.05, 4.69) is 0 Å². The first-order valence-electron chi connectivity index (χ1n) is 4.73. The molecule has 0 aliphatic carbocycles. The van der Waals surface area contributed by atoms with Crippen LogP contribution >= 0.6 is 0 Å². The smallest absolute Gasteiger partial charge is 0.328 e. The Kier molecular flexibility index (Phi) is 2.74. The summed E-state index contributed by atoms with van der Waals surface area (Å²) in [7, 11) is 0. The average molecular weight is 218 g/mol. The molecule has 0 aliphatic rings. The number of aliphatic hydroxyl groups is 1. The number of hydrogen-bond acceptors (Lipinski definition) is 3. The van der Waals surface area contributed by atoms with E-state index in [9.17, 15) is 4.79 Å². The Hall–Kier alpha value is -2.07. The van der Waals surface area contributed by atoms with E-state index >= 15 is 0 Å². The van der Waals surface area contributed by atoms with E-state index in [-0.39, 0.29) is 6.61 Å². The molecule has 2 aromatic rings. The summed E-state index contributed by atoms with van der Waals surface area (Å²) in [4.78, 5) is 10.6. The molecule has 0 atom stereocenters. The maximum Gasteiger partial charge on any atom is 0.328 e. The second-order valence-corrected chi connectivity index (χ2v) is 3.31. The lowest BCUT2D eigenvalue weighted by atomic mass is 10.1. The Balaban J connectivity index is 2.58. The van der Waals surface area contributed by atoms with E-state index in [0.717, 1.165) is 11.5 Å². The number of fused-ring (bicyclic) bond motifs is 1. The molecule has 4 nitrogen and oxygen atoms in total. The summed E-state index contributed by atoms with van der Waals surface area (Å²) in [6.07, 6.45) is 2.44. The van der Waals surface area contributed by atoms with Crippen molar-refractivity contribution in [1.29, 1.82) is 0 Å². The van der Waals surface area contributed by atoms with Crippen LogP contribution in [-0.2, 0) is 4.79 Å². The number of carboxylic acids is 1. The molecule has 82 valence electrons. The second kappa shape index (κ2) is 4.20. The van der Waals surface area contributed by atoms with Crippen LogP contribution in [0.5, 0.6) is 0 Å². The zero-order valence-corrected chi connectivity index (χ0v) is 8.38. The molecule has 0 saturated heterocycles. The van der Waals surface area contributed by atoms with Gasteiger partial charge in [0.2, 0.25) is 0 Å². The van der Waals surface area contributed by atoms with Gasteiger partial charge in [-0.05, 0) is 11.6 Å². The van der Waals surface area contributed by atoms with E-state index in [1.54, 1.807) is 6.07 Å². The molecule has 0 spiro atoms. The molecule has 0 amide bonds. The van der Waals surface area contributed by atoms with Gasteiger partial charge in [-0.2, -0.15) is 0 Å². The molecule has 1 aromatic heterocycles. The van der Waals surface area contributed by atoms with Crippen molar-refractivity contribution in [2.45, 2.75) is 0 Å². The third-order valence-corrected chi connectivity index (χ3v) is 2.29. The number of aliphatic carboxylic acids is 1. The molecule has 0 saturated carbocycles. The fourth-order valence-electron chi connectivity index (χ4n) is 1.58. The molecular weight excluding hydrogens is 208 g/mol. The van der Waals surface area contributed by atoms with Gasteiger partial charge in [0.1, 0.15) is 5.58 Å². The lowest BCUT2D eigenvalue weighted by Gasteiger charge is -1.99. The molecule has 16 heavy (non-hydrogen) atoms. The van der Waals surface area contributed by atoms with E-state index in [1.807, 2.05) is 18.2 Å². The van der Waals surface area contributed by atoms with Gasteiger partial charge in [0.05, 0.1) is 12.9 Å². The highest BCUT2D eigenvalue weighted by Crippen LogP contribution is 2.26. The van der Waals surface area contributed by atoms with Gasteiger partial charge in [-0.15, -0.1) is 0 Å². The second-order valence-electron chi connectivity index (χ2n) is 3.31. The first-order valence-corrected chi connectivity index (χ1v) is 4.73. The zero-order valence-electron chi connectivity index (χ0n) is 8.38. The number of carbonyl (C=O) groups is 1. The molecule has 0 unspecified atom stereocenters. The van der Waals surface area contributed by atoms with Gasteiger partial charge in [0.15, 0.2) is 0 Å². The Morgan fingerprint density at radius 1 is 1.38 bits per heavy atom. The maximum atomic E-state index is 10.6. The number of para-hydroxylation sites is 1. The minimum atomic E-state index is -1.09. The third kappa shape index (κ3) is 1.83. The molecule has 4 heteroatoms. The van der Waals surface area contributed by atoms with Gasteiger partial charge in [0, 0.05) is 17.0 Å². The topological polar surface area (TPSA) is 70.7 Å². The quantitative estimate of drug-likeness (QED) is 0.772. The van der Waals surface area contributed by atoms with Crippen molar-refractivity contribution in [2.24, 2.45) is 0 Å². The summed E-state index contributed by atoms with van der Waals surface area (Å²) >= 11 is 0. The highest BCUT2D eigenvalue weighted by atomic mass is 16.4. The lowest BCUT2D eigenvalue weighted by Crippen LogP contribution is -1.95. The molecule has 0 radical (unpaired) electrons. The summed E-state index contributed by atoms with van der Waals surface area (Å²) in [5.74, 6) is -1.09. The Morgan fingerprint density at radius 2 is 2.12 bits per heavy atom. The van der Waals surface area contributed by atoms with E-state index < -0.39 is 5.97 Å². The maximum absolute atomic E-state index is 10.6. The predicted molar refractivity (Wildman–Crippen MR) is 58.9 cm³/mol. The minimum Gasteiger partial charge on any atom is -0.478 e. The van der Waals surface area contributed by atoms with Crippen LogP contribution < -0.4 is 0 Å². The summed E-state index contributed by atoms with van der Waals surface area (Å²) in [5, 5.41) is 18.6. The van der Waals surface area contributed by atoms with Crippen LogP contribution in [0.15, 0.2) is 41.0 Å². The standard InChI is InChI=1S/C12H10O4/c13-6-8(5-12(14)15)10-7-16-11-4-2-1-3-9(10)11/h1-5,7,13H,6H2,(H,14,15)/b8-5+. The van der Waals surface area contributed by atoms with Gasteiger partial charge >= 0.3 is 5.97 Å². The van der Waals surface area contributed by atoms with Crippen molar-refractivity contribution in [3.05, 3.63) is 42.2 Å². The number of aliphatic hydroxyl groups excluding tert-OH is 1. The van der Waals surface area contributed by atoms with Crippen molar-refractivity contribution >= 4 is 22.5 Å². The van der Waals surface area contributed by atoms with Gasteiger partial charge in [-0.1, -0.05) is 18.2 Å². The Morgan fingerprint density at radius 3 is 2.81 bits per heavy atom. The SMILES string of the molecule is O=C(O)/C=C(\CO)c1coc2ccccc12. The van der Waals surface area contributed by atoms with Crippen LogP contribution in [-0.4, -0.2) is 22.8 Å². The van der Waals surface area contributed by atoms with Crippen molar-refractivity contribution in [3.8, 4) is 0 Å². The fraction of sp³-hybridized carbons (Fsp3) is 0.0833. The van der Waals surface area contributed by atoms with Crippen molar-refractivity contribution < 1.29 is 19.4 Å². The molecule has 1 aromatic carbocycles. The van der Waals surface area contributed by atoms with Crippen molar-refractivity contribution in [2.75, 3.05) is 6.61 Å². The van der Waals surface area contributed by atoms with Gasteiger partial charge in [-0.3, -0.25) is 0 Å². The predicted octanol–water partition coefficient (Wildman–Crippen LogP) is 1.89. The van der Waals surface area contributed by atoms with Gasteiger partial charge in [0.25, 0.3) is 0 Å². The molecule has 2 N–H and O–H groups in total. The van der Waals surface area contributed by atoms with Crippen LogP contribution in [0.3, 0.4) is 0 Å². The Bertz CT molecular complexity index is 551. The summed E-state index contributed by atoms with van der Waals surface area (Å²) in [6.45, 7) is -0.337. The number of furan rings is 1. The van der Waals surface area contributed by atoms with E-state index in [4.69, 9.17) is 14.6 Å². The first-order chi connectivity index (χ1) is 7.72. The molecular formula is C12H10O4. The third-order valence-electron chi connectivity index (χ3n) is 2.29. The molecule has 0 fully saturated rings. The normalized spacial score (nSPS) is 11.9. The molecule has 0 aliphatic heterocycles. The largest absolute Gasteiger partial charge is 0.478 e. The van der Waals surface area contributed by atoms with Crippen LogP contribution in [0.1, 0.15) is 5.56 Å². The van der Waals surface area contributed by atoms with Crippen LogP contribution in [0.4, 0.5) is 0 Å². The zero-order chi connectivity index (χ0) is 11.5. The van der Waals surface area contributed by atoms with Crippen LogP contribution in [0.2, 0.25) is 0 Å². The monoisotopic (exact) mass is 218 g/mol. The molecule has 0 bridgehead atoms. The fourth-order valence-corrected chi connectivity index (χ4v) is 1.58. The molecule has 1 heterocycles. The highest BCUT2D eigenvalue weighted by molar-refractivity contribution is 5.97. The average Bonchev–Trinajstić information content (AvgIpc) is 2.69. The number of hydrogen-bond donors (Lipinski definition) is 2. The van der Waals surface area contributed by atoms with Crippen molar-refractivity contribution in [1.82, 2.24) is 0 Å². The number of benzene rings is 1. The number of carboxylic acid groups (broad SMARTS) is 1. The Labute approximate surface area is 91.4 Å². The van der Waals surface area contributed by atoms with Crippen LogP contribution in [0.25, 0.3) is 16.5 Å². The summed E-state index contributed by atoms with van der Waals surface area (Å²) in [5.41, 5.74) is 1.61. The highest BCUT2D eigenvalue weighted by Gasteiger charge is 2.10. The summed E-state index contributed by atoms with van der Waals surface area (Å²) in [6, 6.07) is 7.26. The number of rotatable bonds is 3. The van der Waals surface area contributed by atoms with Crippen molar-refractivity contribution in [3.63, 3.8) is 0 Å². The first kappa shape index (κ1) is 10.4. The lowest BCUT2D eigenvalue weighted by molar-refractivity contribution is -0.131. The van der Waals surface area contributed by atoms with Crippen LogP contribution in [0, 0.1) is 0 Å². The van der Waals surface area contributed by atoms with Gasteiger partial charge < -0.3 is 14.6 Å².